The Labute approximate surface area is 98.1 Å². The van der Waals surface area contributed by atoms with Crippen LogP contribution >= 0.6 is 0 Å². The van der Waals surface area contributed by atoms with E-state index in [1.54, 1.807) is 0 Å². The summed E-state index contributed by atoms with van der Waals surface area (Å²) in [6.45, 7) is 0.689. The van der Waals surface area contributed by atoms with Crippen LogP contribution in [-0.2, 0) is 12.5 Å². The van der Waals surface area contributed by atoms with Crippen LogP contribution in [0.25, 0.3) is 0 Å². The molecular formula is C11H15F2NO3. The van der Waals surface area contributed by atoms with Gasteiger partial charge in [-0.05, 0) is 17.7 Å². The fourth-order valence-electron chi connectivity index (χ4n) is 1.56. The fraction of sp³-hybridized carbons (Fsp3) is 0.455. The average molecular weight is 247 g/mol. The molecule has 0 amide bonds. The highest BCUT2D eigenvalue weighted by Crippen LogP contribution is 2.37. The van der Waals surface area contributed by atoms with E-state index in [1.165, 1.54) is 26.4 Å². The maximum atomic E-state index is 13.4. The molecule has 0 aliphatic rings. The summed E-state index contributed by atoms with van der Waals surface area (Å²) in [4.78, 5) is 0. The lowest BCUT2D eigenvalue weighted by atomic mass is 10.0. The third kappa shape index (κ3) is 3.04. The van der Waals surface area contributed by atoms with E-state index < -0.39 is 5.92 Å². The first-order valence-electron chi connectivity index (χ1n) is 4.94. The maximum Gasteiger partial charge on any atom is 0.270 e. The summed E-state index contributed by atoms with van der Waals surface area (Å²) >= 11 is 0. The molecule has 0 aliphatic carbocycles. The molecule has 0 bridgehead atoms. The molecule has 2 N–H and O–H groups in total. The Balaban J connectivity index is 3.35. The molecule has 1 aromatic carbocycles. The zero-order chi connectivity index (χ0) is 13.1. The van der Waals surface area contributed by atoms with E-state index in [4.69, 9.17) is 14.7 Å². The van der Waals surface area contributed by atoms with Crippen LogP contribution in [0, 0.1) is 0 Å². The van der Waals surface area contributed by atoms with Gasteiger partial charge in [0.1, 0.15) is 0 Å². The topological polar surface area (TPSA) is 50.7 Å². The first-order chi connectivity index (χ1) is 7.93. The Morgan fingerprint density at radius 2 is 1.76 bits per heavy atom. The lowest BCUT2D eigenvalue weighted by Gasteiger charge is -2.18. The SMILES string of the molecule is COc1cc(CNO)c(C(C)(F)F)cc1OC. The minimum atomic E-state index is -3.02. The molecule has 0 unspecified atom stereocenters. The van der Waals surface area contributed by atoms with Gasteiger partial charge in [0.25, 0.3) is 5.92 Å². The minimum Gasteiger partial charge on any atom is -0.493 e. The summed E-state index contributed by atoms with van der Waals surface area (Å²) in [5.41, 5.74) is 1.89. The molecule has 17 heavy (non-hydrogen) atoms. The standard InChI is InChI=1S/C11H15F2NO3/c1-11(12,13)8-5-10(17-3)9(16-2)4-7(8)6-14-15/h4-5,14-15H,6H2,1-3H3. The van der Waals surface area contributed by atoms with Gasteiger partial charge < -0.3 is 14.7 Å². The zero-order valence-corrected chi connectivity index (χ0v) is 9.88. The normalized spacial score (nSPS) is 11.4. The molecular weight excluding hydrogens is 232 g/mol. The lowest BCUT2D eigenvalue weighted by molar-refractivity contribution is 0.0155. The van der Waals surface area contributed by atoms with Crippen LogP contribution < -0.4 is 15.0 Å². The summed E-state index contributed by atoms with van der Waals surface area (Å²) < 4.78 is 36.7. The molecule has 0 heterocycles. The Morgan fingerprint density at radius 3 is 2.18 bits per heavy atom. The second-order valence-electron chi connectivity index (χ2n) is 3.59. The number of benzene rings is 1. The number of hydrogen-bond acceptors (Lipinski definition) is 4. The summed E-state index contributed by atoms with van der Waals surface area (Å²) in [5.74, 6) is -2.46. The van der Waals surface area contributed by atoms with Crippen molar-refractivity contribution in [3.63, 3.8) is 0 Å². The summed E-state index contributed by atoms with van der Waals surface area (Å²) in [7, 11) is 2.79. The quantitative estimate of drug-likeness (QED) is 0.784. The average Bonchev–Trinajstić information content (AvgIpc) is 2.27. The van der Waals surface area contributed by atoms with Gasteiger partial charge in [-0.15, -0.1) is 0 Å². The van der Waals surface area contributed by atoms with Crippen molar-refractivity contribution >= 4 is 0 Å². The van der Waals surface area contributed by atoms with E-state index in [0.717, 1.165) is 6.92 Å². The molecule has 0 fully saturated rings. The molecule has 1 rings (SSSR count). The summed E-state index contributed by atoms with van der Waals surface area (Å²) in [6, 6.07) is 2.63. The number of rotatable bonds is 5. The molecule has 0 spiro atoms. The molecule has 0 saturated carbocycles. The predicted octanol–water partition coefficient (Wildman–Crippen LogP) is 2.29. The van der Waals surface area contributed by atoms with Crippen LogP contribution in [0.15, 0.2) is 12.1 Å². The van der Waals surface area contributed by atoms with Crippen molar-refractivity contribution in [3.05, 3.63) is 23.3 Å². The third-order valence-electron chi connectivity index (χ3n) is 2.35. The van der Waals surface area contributed by atoms with E-state index in [9.17, 15) is 8.78 Å². The highest BCUT2D eigenvalue weighted by Gasteiger charge is 2.29. The van der Waals surface area contributed by atoms with E-state index in [2.05, 4.69) is 0 Å². The van der Waals surface area contributed by atoms with Crippen molar-refractivity contribution in [2.45, 2.75) is 19.4 Å². The van der Waals surface area contributed by atoms with Gasteiger partial charge in [0.05, 0.1) is 14.2 Å². The monoisotopic (exact) mass is 247 g/mol. The van der Waals surface area contributed by atoms with Crippen LogP contribution in [0.5, 0.6) is 11.5 Å². The van der Waals surface area contributed by atoms with Crippen LogP contribution in [0.2, 0.25) is 0 Å². The van der Waals surface area contributed by atoms with E-state index >= 15 is 0 Å². The third-order valence-corrected chi connectivity index (χ3v) is 2.35. The van der Waals surface area contributed by atoms with Crippen molar-refractivity contribution in [2.24, 2.45) is 0 Å². The van der Waals surface area contributed by atoms with Gasteiger partial charge in [-0.3, -0.25) is 0 Å². The number of alkyl halides is 2. The van der Waals surface area contributed by atoms with E-state index in [1.807, 2.05) is 5.48 Å². The Morgan fingerprint density at radius 1 is 1.24 bits per heavy atom. The van der Waals surface area contributed by atoms with E-state index in [0.29, 0.717) is 5.75 Å². The second-order valence-corrected chi connectivity index (χ2v) is 3.59. The summed E-state index contributed by atoms with van der Waals surface area (Å²) in [5, 5.41) is 8.63. The highest BCUT2D eigenvalue weighted by molar-refractivity contribution is 5.48. The summed E-state index contributed by atoms with van der Waals surface area (Å²) in [6.07, 6.45) is 0. The van der Waals surface area contributed by atoms with Gasteiger partial charge in [-0.1, -0.05) is 0 Å². The molecule has 0 saturated heterocycles. The molecule has 0 atom stereocenters. The van der Waals surface area contributed by atoms with Gasteiger partial charge in [0.2, 0.25) is 0 Å². The second kappa shape index (κ2) is 5.29. The number of halogens is 2. The number of nitrogens with one attached hydrogen (secondary N) is 1. The van der Waals surface area contributed by atoms with Crippen LogP contribution in [-0.4, -0.2) is 19.4 Å². The Bertz CT molecular complexity index is 391. The van der Waals surface area contributed by atoms with Gasteiger partial charge >= 0.3 is 0 Å². The van der Waals surface area contributed by atoms with Crippen molar-refractivity contribution < 1.29 is 23.5 Å². The Kier molecular flexibility index (Phi) is 4.25. The van der Waals surface area contributed by atoms with E-state index in [-0.39, 0.29) is 23.4 Å². The molecule has 1 aromatic rings. The first-order valence-corrected chi connectivity index (χ1v) is 4.94. The van der Waals surface area contributed by atoms with Gasteiger partial charge in [-0.2, -0.15) is 0 Å². The maximum absolute atomic E-state index is 13.4. The lowest BCUT2D eigenvalue weighted by Crippen LogP contribution is -2.16. The van der Waals surface area contributed by atoms with Gasteiger partial charge in [-0.25, -0.2) is 14.3 Å². The smallest absolute Gasteiger partial charge is 0.270 e. The molecule has 0 aromatic heterocycles. The van der Waals surface area contributed by atoms with Gasteiger partial charge in [0, 0.05) is 19.0 Å². The molecule has 96 valence electrons. The molecule has 4 nitrogen and oxygen atoms in total. The molecule has 6 heteroatoms. The zero-order valence-electron chi connectivity index (χ0n) is 9.88. The highest BCUT2D eigenvalue weighted by atomic mass is 19.3. The van der Waals surface area contributed by atoms with Crippen molar-refractivity contribution in [3.8, 4) is 11.5 Å². The largest absolute Gasteiger partial charge is 0.493 e. The van der Waals surface area contributed by atoms with Gasteiger partial charge in [0.15, 0.2) is 11.5 Å². The molecule has 0 radical (unpaired) electrons. The minimum absolute atomic E-state index is 0.0981. The predicted molar refractivity (Wildman–Crippen MR) is 57.7 cm³/mol. The van der Waals surface area contributed by atoms with Crippen molar-refractivity contribution in [1.82, 2.24) is 5.48 Å². The number of hydroxylamine groups is 1. The van der Waals surface area contributed by atoms with Crippen LogP contribution in [0.3, 0.4) is 0 Å². The van der Waals surface area contributed by atoms with Crippen molar-refractivity contribution in [1.29, 1.82) is 0 Å². The van der Waals surface area contributed by atoms with Crippen molar-refractivity contribution in [2.75, 3.05) is 14.2 Å². The van der Waals surface area contributed by atoms with Crippen LogP contribution in [0.1, 0.15) is 18.1 Å². The number of methoxy groups -OCH3 is 2. The number of hydrogen-bond donors (Lipinski definition) is 2. The number of ether oxygens (including phenoxy) is 2. The fourth-order valence-corrected chi connectivity index (χ4v) is 1.56. The van der Waals surface area contributed by atoms with Crippen LogP contribution in [0.4, 0.5) is 8.78 Å². The molecule has 0 aliphatic heterocycles. The Hall–Kier alpha value is -1.40. The first kappa shape index (κ1) is 13.7.